The summed E-state index contributed by atoms with van der Waals surface area (Å²) < 4.78 is 0. The second kappa shape index (κ2) is 7.18. The van der Waals surface area contributed by atoms with Gasteiger partial charge >= 0.3 is 12.1 Å². The molecule has 0 bridgehead atoms. The molecule has 0 aromatic carbocycles. The van der Waals surface area contributed by atoms with E-state index >= 15 is 0 Å². The zero-order valence-corrected chi connectivity index (χ0v) is 12.3. The number of carbonyl (C=O) groups excluding carboxylic acids is 2. The van der Waals surface area contributed by atoms with Crippen LogP contribution in [0.25, 0.3) is 0 Å². The molecule has 1 saturated heterocycles. The SMILES string of the molecule is CN(C)C(=O)NCCN1CCN(C(=O)N(C)C)CC1. The van der Waals surface area contributed by atoms with E-state index in [2.05, 4.69) is 10.2 Å². The fourth-order valence-corrected chi connectivity index (χ4v) is 1.92. The molecule has 1 N–H and O–H groups in total. The van der Waals surface area contributed by atoms with Crippen LogP contribution in [-0.2, 0) is 0 Å². The van der Waals surface area contributed by atoms with Crippen molar-refractivity contribution in [1.82, 2.24) is 24.9 Å². The Morgan fingerprint density at radius 3 is 2.05 bits per heavy atom. The Bertz CT molecular complexity index is 308. The summed E-state index contributed by atoms with van der Waals surface area (Å²) in [6.07, 6.45) is 0. The van der Waals surface area contributed by atoms with Crippen molar-refractivity contribution in [2.24, 2.45) is 0 Å². The molecular formula is C12H25N5O2. The number of nitrogens with one attached hydrogen (secondary N) is 1. The lowest BCUT2D eigenvalue weighted by Gasteiger charge is -2.35. The maximum atomic E-state index is 11.8. The predicted octanol–water partition coefficient (Wildman–Crippen LogP) is -0.443. The Morgan fingerprint density at radius 1 is 1.00 bits per heavy atom. The van der Waals surface area contributed by atoms with Gasteiger partial charge in [-0.25, -0.2) is 9.59 Å². The van der Waals surface area contributed by atoms with E-state index in [1.807, 2.05) is 4.90 Å². The third-order valence-electron chi connectivity index (χ3n) is 3.14. The Morgan fingerprint density at radius 2 is 1.58 bits per heavy atom. The maximum Gasteiger partial charge on any atom is 0.319 e. The van der Waals surface area contributed by atoms with Gasteiger partial charge in [-0.05, 0) is 0 Å². The summed E-state index contributed by atoms with van der Waals surface area (Å²) in [7, 11) is 6.99. The van der Waals surface area contributed by atoms with Crippen molar-refractivity contribution in [1.29, 1.82) is 0 Å². The first-order chi connectivity index (χ1) is 8.91. The number of urea groups is 2. The quantitative estimate of drug-likeness (QED) is 0.757. The van der Waals surface area contributed by atoms with E-state index < -0.39 is 0 Å². The average molecular weight is 271 g/mol. The fraction of sp³-hybridized carbons (Fsp3) is 0.833. The monoisotopic (exact) mass is 271 g/mol. The molecule has 0 unspecified atom stereocenters. The summed E-state index contributed by atoms with van der Waals surface area (Å²) in [5.41, 5.74) is 0. The van der Waals surface area contributed by atoms with Crippen LogP contribution < -0.4 is 5.32 Å². The molecular weight excluding hydrogens is 246 g/mol. The highest BCUT2D eigenvalue weighted by atomic mass is 16.2. The zero-order chi connectivity index (χ0) is 14.4. The van der Waals surface area contributed by atoms with Gasteiger partial charge in [0, 0.05) is 67.5 Å². The minimum absolute atomic E-state index is 0.0681. The molecule has 0 spiro atoms. The van der Waals surface area contributed by atoms with Crippen LogP contribution in [0, 0.1) is 0 Å². The minimum Gasteiger partial charge on any atom is -0.337 e. The lowest BCUT2D eigenvalue weighted by atomic mass is 10.3. The van der Waals surface area contributed by atoms with Crippen molar-refractivity contribution < 1.29 is 9.59 Å². The van der Waals surface area contributed by atoms with E-state index in [0.29, 0.717) is 6.54 Å². The van der Waals surface area contributed by atoms with E-state index in [1.54, 1.807) is 33.1 Å². The number of rotatable bonds is 3. The van der Waals surface area contributed by atoms with E-state index in [-0.39, 0.29) is 12.1 Å². The highest BCUT2D eigenvalue weighted by Gasteiger charge is 2.21. The summed E-state index contributed by atoms with van der Waals surface area (Å²) in [6.45, 7) is 4.67. The van der Waals surface area contributed by atoms with Crippen LogP contribution in [0.2, 0.25) is 0 Å². The van der Waals surface area contributed by atoms with Crippen LogP contribution in [-0.4, -0.2) is 99.1 Å². The summed E-state index contributed by atoms with van der Waals surface area (Å²) in [4.78, 5) is 30.3. The Balaban J connectivity index is 2.20. The zero-order valence-electron chi connectivity index (χ0n) is 12.3. The number of amides is 4. The number of hydrogen-bond donors (Lipinski definition) is 1. The van der Waals surface area contributed by atoms with Crippen LogP contribution in [0.5, 0.6) is 0 Å². The minimum atomic E-state index is -0.0681. The third kappa shape index (κ3) is 4.94. The molecule has 19 heavy (non-hydrogen) atoms. The molecule has 1 aliphatic heterocycles. The molecule has 0 radical (unpaired) electrons. The van der Waals surface area contributed by atoms with Gasteiger partial charge in [-0.1, -0.05) is 0 Å². The van der Waals surface area contributed by atoms with Gasteiger partial charge in [-0.15, -0.1) is 0 Å². The van der Waals surface area contributed by atoms with Crippen LogP contribution >= 0.6 is 0 Å². The first kappa shape index (κ1) is 15.6. The average Bonchev–Trinajstić information content (AvgIpc) is 2.38. The standard InChI is InChI=1S/C12H25N5O2/c1-14(2)11(18)13-5-6-16-7-9-17(10-8-16)12(19)15(3)4/h5-10H2,1-4H3,(H,13,18). The van der Waals surface area contributed by atoms with Gasteiger partial charge in [-0.2, -0.15) is 0 Å². The normalized spacial score (nSPS) is 16.1. The molecule has 110 valence electrons. The summed E-state index contributed by atoms with van der Waals surface area (Å²) in [6, 6.07) is 0.00184. The van der Waals surface area contributed by atoms with Gasteiger partial charge in [-0.3, -0.25) is 4.90 Å². The first-order valence-corrected chi connectivity index (χ1v) is 6.55. The molecule has 0 saturated carbocycles. The molecule has 1 aliphatic rings. The highest BCUT2D eigenvalue weighted by Crippen LogP contribution is 2.03. The summed E-state index contributed by atoms with van der Waals surface area (Å²) in [5, 5.41) is 2.84. The molecule has 0 atom stereocenters. The number of piperazine rings is 1. The predicted molar refractivity (Wildman–Crippen MR) is 74.2 cm³/mol. The molecule has 0 aromatic heterocycles. The molecule has 4 amide bonds. The van der Waals surface area contributed by atoms with Gasteiger partial charge in [0.1, 0.15) is 0 Å². The Kier molecular flexibility index (Phi) is 5.88. The van der Waals surface area contributed by atoms with Gasteiger partial charge < -0.3 is 20.0 Å². The van der Waals surface area contributed by atoms with Crippen molar-refractivity contribution in [2.45, 2.75) is 0 Å². The van der Waals surface area contributed by atoms with Crippen molar-refractivity contribution in [2.75, 3.05) is 67.5 Å². The van der Waals surface area contributed by atoms with Crippen molar-refractivity contribution in [3.63, 3.8) is 0 Å². The number of nitrogens with zero attached hydrogens (tertiary/aromatic N) is 4. The maximum absolute atomic E-state index is 11.8. The largest absolute Gasteiger partial charge is 0.337 e. The molecule has 7 heteroatoms. The molecule has 1 heterocycles. The van der Waals surface area contributed by atoms with E-state index in [4.69, 9.17) is 0 Å². The molecule has 7 nitrogen and oxygen atoms in total. The second-order valence-electron chi connectivity index (χ2n) is 5.13. The number of carbonyl (C=O) groups is 2. The van der Waals surface area contributed by atoms with Crippen LogP contribution in [0.3, 0.4) is 0 Å². The molecule has 0 aliphatic carbocycles. The van der Waals surface area contributed by atoms with Gasteiger partial charge in [0.15, 0.2) is 0 Å². The van der Waals surface area contributed by atoms with E-state index in [0.717, 1.165) is 32.7 Å². The van der Waals surface area contributed by atoms with Gasteiger partial charge in [0.05, 0.1) is 0 Å². The summed E-state index contributed by atoms with van der Waals surface area (Å²) in [5.74, 6) is 0. The van der Waals surface area contributed by atoms with Gasteiger partial charge in [0.25, 0.3) is 0 Å². The lowest BCUT2D eigenvalue weighted by molar-refractivity contribution is 0.123. The van der Waals surface area contributed by atoms with Crippen molar-refractivity contribution >= 4 is 12.1 Å². The van der Waals surface area contributed by atoms with Crippen molar-refractivity contribution in [3.8, 4) is 0 Å². The first-order valence-electron chi connectivity index (χ1n) is 6.55. The van der Waals surface area contributed by atoms with Gasteiger partial charge in [0.2, 0.25) is 0 Å². The Hall–Kier alpha value is -1.50. The van der Waals surface area contributed by atoms with E-state index in [1.165, 1.54) is 4.90 Å². The van der Waals surface area contributed by atoms with Crippen LogP contribution in [0.15, 0.2) is 0 Å². The van der Waals surface area contributed by atoms with E-state index in [9.17, 15) is 9.59 Å². The van der Waals surface area contributed by atoms with Crippen molar-refractivity contribution in [3.05, 3.63) is 0 Å². The Labute approximate surface area is 115 Å². The second-order valence-corrected chi connectivity index (χ2v) is 5.13. The molecule has 0 aromatic rings. The molecule has 1 rings (SSSR count). The summed E-state index contributed by atoms with van der Waals surface area (Å²) >= 11 is 0. The van der Waals surface area contributed by atoms with Crippen LogP contribution in [0.1, 0.15) is 0 Å². The lowest BCUT2D eigenvalue weighted by Crippen LogP contribution is -2.52. The smallest absolute Gasteiger partial charge is 0.319 e. The molecule has 1 fully saturated rings. The third-order valence-corrected chi connectivity index (χ3v) is 3.14. The highest BCUT2D eigenvalue weighted by molar-refractivity contribution is 5.74. The fourth-order valence-electron chi connectivity index (χ4n) is 1.92. The van der Waals surface area contributed by atoms with Crippen LogP contribution in [0.4, 0.5) is 9.59 Å². The topological polar surface area (TPSA) is 59.1 Å². The number of hydrogen-bond acceptors (Lipinski definition) is 3.